The number of nitrogens with zero attached hydrogens (tertiary/aromatic N) is 5. The Morgan fingerprint density at radius 3 is 2.48 bits per heavy atom. The van der Waals surface area contributed by atoms with Crippen LogP contribution in [-0.2, 0) is 9.84 Å². The fraction of sp³-hybridized carbons (Fsp3) is 0.350. The van der Waals surface area contributed by atoms with Crippen LogP contribution in [0.2, 0.25) is 0 Å². The van der Waals surface area contributed by atoms with Gasteiger partial charge < -0.3 is 4.90 Å². The summed E-state index contributed by atoms with van der Waals surface area (Å²) in [6.07, 6.45) is 4.51. The van der Waals surface area contributed by atoms with Crippen LogP contribution in [0.15, 0.2) is 48.8 Å². The molecule has 3 heterocycles. The van der Waals surface area contributed by atoms with Gasteiger partial charge >= 0.3 is 0 Å². The van der Waals surface area contributed by atoms with E-state index < -0.39 is 9.84 Å². The zero-order chi connectivity index (χ0) is 20.4. The monoisotopic (exact) mass is 413 g/mol. The van der Waals surface area contributed by atoms with Crippen LogP contribution >= 0.6 is 0 Å². The molecule has 0 saturated carbocycles. The van der Waals surface area contributed by atoms with E-state index in [1.807, 2.05) is 36.4 Å². The lowest BCUT2D eigenvalue weighted by molar-refractivity contribution is 0.0645. The minimum Gasteiger partial charge on any atom is -0.336 e. The van der Waals surface area contributed by atoms with E-state index in [4.69, 9.17) is 0 Å². The number of fused-ring (bicyclic) bond motifs is 1. The van der Waals surface area contributed by atoms with Crippen molar-refractivity contribution in [3.05, 3.63) is 54.4 Å². The average molecular weight is 414 g/mol. The summed E-state index contributed by atoms with van der Waals surface area (Å²) >= 11 is 0. The van der Waals surface area contributed by atoms with Crippen molar-refractivity contribution in [2.75, 3.05) is 44.7 Å². The van der Waals surface area contributed by atoms with Crippen molar-refractivity contribution >= 4 is 21.4 Å². The second kappa shape index (κ2) is 7.92. The molecule has 1 amide bonds. The van der Waals surface area contributed by atoms with Crippen LogP contribution in [-0.4, -0.2) is 83.5 Å². The van der Waals surface area contributed by atoms with Crippen molar-refractivity contribution < 1.29 is 13.2 Å². The largest absolute Gasteiger partial charge is 0.336 e. The molecule has 1 aromatic carbocycles. The number of hydrogen-bond acceptors (Lipinski definition) is 6. The van der Waals surface area contributed by atoms with Gasteiger partial charge in [0.2, 0.25) is 0 Å². The molecule has 1 aliphatic rings. The van der Waals surface area contributed by atoms with Gasteiger partial charge in [0.1, 0.15) is 15.4 Å². The SMILES string of the molecule is CS(=O)(=O)CCN1CCN(C(=O)c2cnn3c(-c4ccccc4)ccnc23)CC1. The Kier molecular flexibility index (Phi) is 5.33. The van der Waals surface area contributed by atoms with E-state index in [9.17, 15) is 13.2 Å². The average Bonchev–Trinajstić information content (AvgIpc) is 3.16. The molecular formula is C20H23N5O3S. The molecule has 1 saturated heterocycles. The standard InChI is InChI=1S/C20H23N5O3S/c1-29(27,28)14-13-23-9-11-24(12-10-23)20(26)17-15-22-25-18(7-8-21-19(17)25)16-5-3-2-4-6-16/h2-8,15H,9-14H2,1H3. The normalized spacial score (nSPS) is 15.7. The lowest BCUT2D eigenvalue weighted by atomic mass is 10.1. The number of rotatable bonds is 5. The fourth-order valence-electron chi connectivity index (χ4n) is 3.51. The van der Waals surface area contributed by atoms with Gasteiger partial charge in [-0.05, 0) is 6.07 Å². The van der Waals surface area contributed by atoms with Gasteiger partial charge in [-0.3, -0.25) is 9.69 Å². The van der Waals surface area contributed by atoms with Crippen LogP contribution < -0.4 is 0 Å². The van der Waals surface area contributed by atoms with E-state index in [0.29, 0.717) is 43.9 Å². The maximum atomic E-state index is 13.1. The third kappa shape index (κ3) is 4.30. The van der Waals surface area contributed by atoms with Crippen molar-refractivity contribution in [2.24, 2.45) is 0 Å². The number of aromatic nitrogens is 3. The number of hydrogen-bond donors (Lipinski definition) is 0. The van der Waals surface area contributed by atoms with E-state index in [0.717, 1.165) is 11.3 Å². The van der Waals surface area contributed by atoms with Gasteiger partial charge in [0, 0.05) is 50.7 Å². The molecule has 3 aromatic rings. The molecule has 0 unspecified atom stereocenters. The van der Waals surface area contributed by atoms with E-state index >= 15 is 0 Å². The number of carbonyl (C=O) groups is 1. The molecule has 0 radical (unpaired) electrons. The molecule has 0 N–H and O–H groups in total. The number of benzene rings is 1. The van der Waals surface area contributed by atoms with Crippen LogP contribution in [0.5, 0.6) is 0 Å². The molecule has 8 nitrogen and oxygen atoms in total. The van der Waals surface area contributed by atoms with Crippen LogP contribution in [0.4, 0.5) is 0 Å². The highest BCUT2D eigenvalue weighted by Crippen LogP contribution is 2.21. The maximum absolute atomic E-state index is 13.1. The summed E-state index contributed by atoms with van der Waals surface area (Å²) in [6.45, 7) is 2.92. The quantitative estimate of drug-likeness (QED) is 0.625. The number of sulfone groups is 1. The molecule has 152 valence electrons. The van der Waals surface area contributed by atoms with Crippen LogP contribution in [0.3, 0.4) is 0 Å². The van der Waals surface area contributed by atoms with E-state index in [1.54, 1.807) is 21.8 Å². The topological polar surface area (TPSA) is 87.9 Å². The highest BCUT2D eigenvalue weighted by atomic mass is 32.2. The van der Waals surface area contributed by atoms with Crippen molar-refractivity contribution in [1.29, 1.82) is 0 Å². The molecule has 29 heavy (non-hydrogen) atoms. The Morgan fingerprint density at radius 2 is 1.79 bits per heavy atom. The minimum absolute atomic E-state index is 0.0968. The summed E-state index contributed by atoms with van der Waals surface area (Å²) in [5.74, 6) is 0.0433. The molecule has 0 aliphatic carbocycles. The molecule has 0 bridgehead atoms. The van der Waals surface area contributed by atoms with Crippen molar-refractivity contribution in [3.63, 3.8) is 0 Å². The first kappa shape index (κ1) is 19.5. The molecular weight excluding hydrogens is 390 g/mol. The Hall–Kier alpha value is -2.78. The molecule has 1 aliphatic heterocycles. The minimum atomic E-state index is -2.98. The first-order chi connectivity index (χ1) is 13.9. The first-order valence-corrected chi connectivity index (χ1v) is 11.6. The maximum Gasteiger partial charge on any atom is 0.259 e. The van der Waals surface area contributed by atoms with Gasteiger partial charge in [0.05, 0.1) is 17.6 Å². The number of piperazine rings is 1. The predicted molar refractivity (Wildman–Crippen MR) is 110 cm³/mol. The van der Waals surface area contributed by atoms with Gasteiger partial charge in [-0.1, -0.05) is 30.3 Å². The van der Waals surface area contributed by atoms with Crippen molar-refractivity contribution in [3.8, 4) is 11.3 Å². The molecule has 2 aromatic heterocycles. The summed E-state index contributed by atoms with van der Waals surface area (Å²) < 4.78 is 24.4. The van der Waals surface area contributed by atoms with E-state index in [2.05, 4.69) is 15.0 Å². The Balaban J connectivity index is 1.50. The Morgan fingerprint density at radius 1 is 1.07 bits per heavy atom. The lowest BCUT2D eigenvalue weighted by Gasteiger charge is -2.34. The molecule has 0 atom stereocenters. The van der Waals surface area contributed by atoms with Gasteiger partial charge in [0.15, 0.2) is 5.65 Å². The van der Waals surface area contributed by atoms with Crippen LogP contribution in [0.1, 0.15) is 10.4 Å². The van der Waals surface area contributed by atoms with Gasteiger partial charge in [-0.15, -0.1) is 0 Å². The second-order valence-electron chi connectivity index (χ2n) is 7.25. The van der Waals surface area contributed by atoms with Gasteiger partial charge in [-0.2, -0.15) is 5.10 Å². The molecule has 4 rings (SSSR count). The summed E-state index contributed by atoms with van der Waals surface area (Å²) in [6, 6.07) is 11.7. The zero-order valence-corrected chi connectivity index (χ0v) is 17.0. The lowest BCUT2D eigenvalue weighted by Crippen LogP contribution is -2.49. The summed E-state index contributed by atoms with van der Waals surface area (Å²) in [7, 11) is -2.98. The molecule has 9 heteroatoms. The van der Waals surface area contributed by atoms with E-state index in [-0.39, 0.29) is 11.7 Å². The Labute approximate surface area is 169 Å². The smallest absolute Gasteiger partial charge is 0.259 e. The Bertz CT molecular complexity index is 1120. The van der Waals surface area contributed by atoms with Crippen molar-refractivity contribution in [1.82, 2.24) is 24.4 Å². The number of amides is 1. The van der Waals surface area contributed by atoms with Crippen LogP contribution in [0.25, 0.3) is 16.9 Å². The van der Waals surface area contributed by atoms with Gasteiger partial charge in [-0.25, -0.2) is 17.9 Å². The van der Waals surface area contributed by atoms with Gasteiger partial charge in [0.25, 0.3) is 5.91 Å². The molecule has 0 spiro atoms. The summed E-state index contributed by atoms with van der Waals surface area (Å²) in [5, 5.41) is 4.41. The predicted octanol–water partition coefficient (Wildman–Crippen LogP) is 1.20. The third-order valence-electron chi connectivity index (χ3n) is 5.14. The highest BCUT2D eigenvalue weighted by molar-refractivity contribution is 7.90. The summed E-state index contributed by atoms with van der Waals surface area (Å²) in [5.41, 5.74) is 2.89. The zero-order valence-electron chi connectivity index (χ0n) is 16.2. The fourth-order valence-corrected chi connectivity index (χ4v) is 4.10. The van der Waals surface area contributed by atoms with E-state index in [1.165, 1.54) is 6.26 Å². The van der Waals surface area contributed by atoms with Crippen molar-refractivity contribution in [2.45, 2.75) is 0 Å². The first-order valence-electron chi connectivity index (χ1n) is 9.50. The third-order valence-corrected chi connectivity index (χ3v) is 6.06. The number of carbonyl (C=O) groups excluding carboxylic acids is 1. The molecule has 1 fully saturated rings. The summed E-state index contributed by atoms with van der Waals surface area (Å²) in [4.78, 5) is 21.3. The highest BCUT2D eigenvalue weighted by Gasteiger charge is 2.25. The second-order valence-corrected chi connectivity index (χ2v) is 9.51. The van der Waals surface area contributed by atoms with Crippen LogP contribution in [0, 0.1) is 0 Å².